The highest BCUT2D eigenvalue weighted by Gasteiger charge is 2.13. The molecule has 6 nitrogen and oxygen atoms in total. The molecule has 3 aromatic rings. The minimum atomic E-state index is -0.213. The zero-order valence-corrected chi connectivity index (χ0v) is 15.3. The minimum Gasteiger partial charge on any atom is -0.328 e. The number of nitrogens with one attached hydrogen (secondary N) is 2. The minimum absolute atomic E-state index is 0.213. The van der Waals surface area contributed by atoms with Gasteiger partial charge in [-0.1, -0.05) is 20.8 Å². The predicted molar refractivity (Wildman–Crippen MR) is 99.8 cm³/mol. The lowest BCUT2D eigenvalue weighted by molar-refractivity contribution is 0.102. The second-order valence-electron chi connectivity index (χ2n) is 6.84. The highest BCUT2D eigenvalue weighted by molar-refractivity contribution is 6.03. The molecule has 0 aliphatic carbocycles. The fraction of sp³-hybridized carbons (Fsp3) is 0.421. The molecule has 0 saturated heterocycles. The van der Waals surface area contributed by atoms with E-state index in [0.717, 1.165) is 47.6 Å². The van der Waals surface area contributed by atoms with Gasteiger partial charge in [-0.05, 0) is 49.9 Å². The number of nitrogens with zero attached hydrogens (tertiary/aromatic N) is 3. The normalized spacial score (nSPS) is 11.4. The first-order valence-corrected chi connectivity index (χ1v) is 8.80. The molecule has 2 heterocycles. The van der Waals surface area contributed by atoms with Crippen molar-refractivity contribution < 1.29 is 4.79 Å². The standard InChI is InChI=1S/C19H25N5O/c1-5-8-24-13(4)20-16-10-14(6-7-18(16)24)21-19(25)17-11-15(22-23-17)9-12(2)3/h6-7,10-12H,5,8-9H2,1-4H3,(H,21,25)(H,22,23). The molecule has 0 radical (unpaired) electrons. The molecule has 2 N–H and O–H groups in total. The van der Waals surface area contributed by atoms with Crippen LogP contribution in [-0.2, 0) is 13.0 Å². The van der Waals surface area contributed by atoms with Gasteiger partial charge in [0.2, 0.25) is 0 Å². The maximum atomic E-state index is 12.4. The van der Waals surface area contributed by atoms with Crippen molar-refractivity contribution in [1.82, 2.24) is 19.7 Å². The van der Waals surface area contributed by atoms with Crippen LogP contribution in [0.2, 0.25) is 0 Å². The first kappa shape index (κ1) is 17.2. The second-order valence-corrected chi connectivity index (χ2v) is 6.84. The summed E-state index contributed by atoms with van der Waals surface area (Å²) in [7, 11) is 0. The lowest BCUT2D eigenvalue weighted by Gasteiger charge is -2.06. The van der Waals surface area contributed by atoms with Crippen LogP contribution in [0.5, 0.6) is 0 Å². The summed E-state index contributed by atoms with van der Waals surface area (Å²) in [5.41, 5.74) is 4.10. The van der Waals surface area contributed by atoms with E-state index >= 15 is 0 Å². The number of anilines is 1. The molecule has 2 aromatic heterocycles. The van der Waals surface area contributed by atoms with Gasteiger partial charge in [-0.25, -0.2) is 4.98 Å². The molecule has 25 heavy (non-hydrogen) atoms. The third-order valence-electron chi connectivity index (χ3n) is 4.14. The fourth-order valence-corrected chi connectivity index (χ4v) is 3.05. The van der Waals surface area contributed by atoms with Crippen LogP contribution < -0.4 is 5.32 Å². The van der Waals surface area contributed by atoms with Crippen molar-refractivity contribution in [3.05, 3.63) is 41.5 Å². The number of carbonyl (C=O) groups excluding carboxylic acids is 1. The van der Waals surface area contributed by atoms with E-state index in [9.17, 15) is 4.79 Å². The largest absolute Gasteiger partial charge is 0.328 e. The monoisotopic (exact) mass is 339 g/mol. The molecular weight excluding hydrogens is 314 g/mol. The maximum absolute atomic E-state index is 12.4. The van der Waals surface area contributed by atoms with Crippen LogP contribution in [-0.4, -0.2) is 25.7 Å². The van der Waals surface area contributed by atoms with E-state index < -0.39 is 0 Å². The Morgan fingerprint density at radius 1 is 1.32 bits per heavy atom. The fourth-order valence-electron chi connectivity index (χ4n) is 3.05. The smallest absolute Gasteiger partial charge is 0.276 e. The number of H-pyrrole nitrogens is 1. The van der Waals surface area contributed by atoms with E-state index in [1.807, 2.05) is 31.2 Å². The molecule has 3 rings (SSSR count). The first-order valence-electron chi connectivity index (χ1n) is 8.80. The van der Waals surface area contributed by atoms with Crippen molar-refractivity contribution in [3.63, 3.8) is 0 Å². The predicted octanol–water partition coefficient (Wildman–Crippen LogP) is 3.93. The number of carbonyl (C=O) groups is 1. The first-order chi connectivity index (χ1) is 12.0. The van der Waals surface area contributed by atoms with Crippen molar-refractivity contribution in [1.29, 1.82) is 0 Å². The molecule has 0 aliphatic heterocycles. The van der Waals surface area contributed by atoms with Crippen molar-refractivity contribution in [2.75, 3.05) is 5.32 Å². The van der Waals surface area contributed by atoms with Gasteiger partial charge in [0.05, 0.1) is 11.0 Å². The average molecular weight is 339 g/mol. The number of hydrogen-bond donors (Lipinski definition) is 2. The lowest BCUT2D eigenvalue weighted by Crippen LogP contribution is -2.12. The Bertz CT molecular complexity index is 890. The Balaban J connectivity index is 1.78. The quantitative estimate of drug-likeness (QED) is 0.714. The number of benzene rings is 1. The molecule has 0 bridgehead atoms. The van der Waals surface area contributed by atoms with Crippen molar-refractivity contribution in [2.45, 2.75) is 47.1 Å². The van der Waals surface area contributed by atoms with Crippen LogP contribution in [0.25, 0.3) is 11.0 Å². The number of imidazole rings is 1. The van der Waals surface area contributed by atoms with Gasteiger partial charge in [-0.2, -0.15) is 5.10 Å². The van der Waals surface area contributed by atoms with Gasteiger partial charge in [0, 0.05) is 17.9 Å². The maximum Gasteiger partial charge on any atom is 0.276 e. The zero-order valence-electron chi connectivity index (χ0n) is 15.3. The van der Waals surface area contributed by atoms with Crippen LogP contribution in [0.15, 0.2) is 24.3 Å². The van der Waals surface area contributed by atoms with Gasteiger partial charge < -0.3 is 9.88 Å². The van der Waals surface area contributed by atoms with E-state index in [2.05, 4.69) is 45.8 Å². The molecule has 1 aromatic carbocycles. The summed E-state index contributed by atoms with van der Waals surface area (Å²) in [4.78, 5) is 17.0. The molecule has 132 valence electrons. The summed E-state index contributed by atoms with van der Waals surface area (Å²) in [6.45, 7) is 9.37. The summed E-state index contributed by atoms with van der Waals surface area (Å²) >= 11 is 0. The summed E-state index contributed by atoms with van der Waals surface area (Å²) in [5.74, 6) is 1.29. The number of aromatic amines is 1. The van der Waals surface area contributed by atoms with E-state index in [4.69, 9.17) is 0 Å². The summed E-state index contributed by atoms with van der Waals surface area (Å²) in [5, 5.41) is 9.95. The van der Waals surface area contributed by atoms with Gasteiger partial charge in [-0.15, -0.1) is 0 Å². The highest BCUT2D eigenvalue weighted by Crippen LogP contribution is 2.21. The van der Waals surface area contributed by atoms with E-state index in [1.165, 1.54) is 0 Å². The molecule has 0 atom stereocenters. The van der Waals surface area contributed by atoms with Gasteiger partial charge in [-0.3, -0.25) is 9.89 Å². The van der Waals surface area contributed by atoms with Crippen LogP contribution in [0, 0.1) is 12.8 Å². The highest BCUT2D eigenvalue weighted by atomic mass is 16.1. The van der Waals surface area contributed by atoms with Crippen molar-refractivity contribution >= 4 is 22.6 Å². The third kappa shape index (κ3) is 3.73. The van der Waals surface area contributed by atoms with E-state index in [0.29, 0.717) is 11.6 Å². The lowest BCUT2D eigenvalue weighted by atomic mass is 10.1. The Labute approximate surface area is 147 Å². The summed E-state index contributed by atoms with van der Waals surface area (Å²) < 4.78 is 2.20. The molecule has 0 fully saturated rings. The van der Waals surface area contributed by atoms with Gasteiger partial charge >= 0.3 is 0 Å². The molecule has 0 spiro atoms. The average Bonchev–Trinajstić information content (AvgIpc) is 3.12. The second kappa shape index (κ2) is 7.09. The van der Waals surface area contributed by atoms with Crippen molar-refractivity contribution in [3.8, 4) is 0 Å². The zero-order chi connectivity index (χ0) is 18.0. The molecule has 6 heteroatoms. The number of hydrogen-bond acceptors (Lipinski definition) is 3. The molecule has 0 saturated carbocycles. The van der Waals surface area contributed by atoms with E-state index in [-0.39, 0.29) is 5.91 Å². The SMILES string of the molecule is CCCn1c(C)nc2cc(NC(=O)c3cc(CC(C)C)[nH]n3)ccc21. The molecule has 0 aliphatic rings. The third-order valence-corrected chi connectivity index (χ3v) is 4.14. The molecule has 1 amide bonds. The van der Waals surface area contributed by atoms with Gasteiger partial charge in [0.15, 0.2) is 5.69 Å². The number of aromatic nitrogens is 4. The molecule has 0 unspecified atom stereocenters. The van der Waals surface area contributed by atoms with Crippen LogP contribution in [0.1, 0.15) is 49.2 Å². The Kier molecular flexibility index (Phi) is 4.88. The number of rotatable bonds is 6. The Hall–Kier alpha value is -2.63. The van der Waals surface area contributed by atoms with Crippen LogP contribution in [0.4, 0.5) is 5.69 Å². The van der Waals surface area contributed by atoms with Gasteiger partial charge in [0.25, 0.3) is 5.91 Å². The summed E-state index contributed by atoms with van der Waals surface area (Å²) in [6, 6.07) is 7.65. The number of amides is 1. The van der Waals surface area contributed by atoms with Crippen LogP contribution >= 0.6 is 0 Å². The van der Waals surface area contributed by atoms with Crippen LogP contribution in [0.3, 0.4) is 0 Å². The summed E-state index contributed by atoms with van der Waals surface area (Å²) in [6.07, 6.45) is 1.93. The number of aryl methyl sites for hydroxylation is 2. The Morgan fingerprint density at radius 3 is 2.84 bits per heavy atom. The van der Waals surface area contributed by atoms with E-state index in [1.54, 1.807) is 0 Å². The Morgan fingerprint density at radius 2 is 2.12 bits per heavy atom. The molecular formula is C19H25N5O. The number of fused-ring (bicyclic) bond motifs is 1. The topological polar surface area (TPSA) is 75.6 Å². The van der Waals surface area contributed by atoms with Gasteiger partial charge in [0.1, 0.15) is 5.82 Å². The van der Waals surface area contributed by atoms with Crippen molar-refractivity contribution in [2.24, 2.45) is 5.92 Å².